The fourth-order valence-electron chi connectivity index (χ4n) is 1.41. The van der Waals surface area contributed by atoms with E-state index in [2.05, 4.69) is 16.2 Å². The number of hydrogen-bond acceptors (Lipinski definition) is 4. The lowest BCUT2D eigenvalue weighted by atomic mass is 10.1. The van der Waals surface area contributed by atoms with Crippen LogP contribution in [0, 0.1) is 20.8 Å². The summed E-state index contributed by atoms with van der Waals surface area (Å²) in [5, 5.41) is 3.77. The predicted molar refractivity (Wildman–Crippen MR) is 59.3 cm³/mol. The average Bonchev–Trinajstić information content (AvgIpc) is 2.66. The van der Waals surface area contributed by atoms with Crippen molar-refractivity contribution in [3.8, 4) is 5.75 Å². The van der Waals surface area contributed by atoms with E-state index in [1.165, 1.54) is 5.56 Å². The van der Waals surface area contributed by atoms with Gasteiger partial charge in [0.15, 0.2) is 6.61 Å². The first-order chi connectivity index (χ1) is 7.65. The Bertz CT molecular complexity index is 492. The SMILES string of the molecule is Cc1ccc(C)c(OCc2noc(C)n2)c1. The highest BCUT2D eigenvalue weighted by molar-refractivity contribution is 5.35. The Balaban J connectivity index is 2.07. The van der Waals surface area contributed by atoms with Gasteiger partial charge in [-0.2, -0.15) is 4.98 Å². The Hall–Kier alpha value is -1.84. The molecule has 4 nitrogen and oxygen atoms in total. The maximum Gasteiger partial charge on any atom is 0.223 e. The molecule has 1 aromatic carbocycles. The molecule has 0 N–H and O–H groups in total. The molecule has 0 radical (unpaired) electrons. The van der Waals surface area contributed by atoms with Gasteiger partial charge in [-0.3, -0.25) is 0 Å². The first-order valence-electron chi connectivity index (χ1n) is 5.14. The smallest absolute Gasteiger partial charge is 0.223 e. The molecule has 0 atom stereocenters. The largest absolute Gasteiger partial charge is 0.485 e. The first kappa shape index (κ1) is 10.7. The molecule has 0 unspecified atom stereocenters. The van der Waals surface area contributed by atoms with Crippen LogP contribution in [0.1, 0.15) is 22.8 Å². The number of aryl methyl sites for hydroxylation is 3. The minimum atomic E-state index is 0.335. The zero-order chi connectivity index (χ0) is 11.5. The highest BCUT2D eigenvalue weighted by Crippen LogP contribution is 2.19. The Morgan fingerprint density at radius 1 is 1.25 bits per heavy atom. The summed E-state index contributed by atoms with van der Waals surface area (Å²) in [6.45, 7) is 6.14. The fourth-order valence-corrected chi connectivity index (χ4v) is 1.41. The fraction of sp³-hybridized carbons (Fsp3) is 0.333. The number of benzene rings is 1. The maximum atomic E-state index is 5.63. The minimum absolute atomic E-state index is 0.335. The summed E-state index contributed by atoms with van der Waals surface area (Å²) in [4.78, 5) is 4.08. The summed E-state index contributed by atoms with van der Waals surface area (Å²) in [5.74, 6) is 1.99. The van der Waals surface area contributed by atoms with Crippen molar-refractivity contribution in [2.45, 2.75) is 27.4 Å². The van der Waals surface area contributed by atoms with Crippen molar-refractivity contribution in [3.05, 3.63) is 41.0 Å². The molecular weight excluding hydrogens is 204 g/mol. The molecule has 0 amide bonds. The second-order valence-corrected chi connectivity index (χ2v) is 3.79. The summed E-state index contributed by atoms with van der Waals surface area (Å²) in [5.41, 5.74) is 2.27. The van der Waals surface area contributed by atoms with Gasteiger partial charge in [-0.1, -0.05) is 17.3 Å². The van der Waals surface area contributed by atoms with Gasteiger partial charge < -0.3 is 9.26 Å². The van der Waals surface area contributed by atoms with E-state index in [0.717, 1.165) is 11.3 Å². The van der Waals surface area contributed by atoms with E-state index >= 15 is 0 Å². The molecule has 0 aliphatic heterocycles. The van der Waals surface area contributed by atoms with Gasteiger partial charge in [0.2, 0.25) is 11.7 Å². The molecule has 0 bridgehead atoms. The summed E-state index contributed by atoms with van der Waals surface area (Å²) < 4.78 is 10.5. The normalized spacial score (nSPS) is 10.4. The van der Waals surface area contributed by atoms with E-state index in [0.29, 0.717) is 18.3 Å². The molecular formula is C12H14N2O2. The van der Waals surface area contributed by atoms with E-state index in [4.69, 9.17) is 9.26 Å². The van der Waals surface area contributed by atoms with Crippen LogP contribution in [0.15, 0.2) is 22.7 Å². The molecule has 0 aliphatic rings. The molecule has 2 aromatic rings. The van der Waals surface area contributed by atoms with Crippen molar-refractivity contribution in [3.63, 3.8) is 0 Å². The van der Waals surface area contributed by atoms with Crippen molar-refractivity contribution in [1.82, 2.24) is 10.1 Å². The van der Waals surface area contributed by atoms with Crippen molar-refractivity contribution in [1.29, 1.82) is 0 Å². The predicted octanol–water partition coefficient (Wildman–Crippen LogP) is 2.57. The first-order valence-corrected chi connectivity index (χ1v) is 5.14. The molecule has 0 spiro atoms. The average molecular weight is 218 g/mol. The zero-order valence-corrected chi connectivity index (χ0v) is 9.65. The number of ether oxygens (including phenoxy) is 1. The van der Waals surface area contributed by atoms with Gasteiger partial charge in [0.25, 0.3) is 0 Å². The number of nitrogens with zero attached hydrogens (tertiary/aromatic N) is 2. The Labute approximate surface area is 94.2 Å². The molecule has 16 heavy (non-hydrogen) atoms. The lowest BCUT2D eigenvalue weighted by Crippen LogP contribution is -1.99. The van der Waals surface area contributed by atoms with Crippen LogP contribution in [0.5, 0.6) is 5.75 Å². The van der Waals surface area contributed by atoms with Gasteiger partial charge in [0.1, 0.15) is 5.75 Å². The third kappa shape index (κ3) is 2.39. The van der Waals surface area contributed by atoms with Crippen LogP contribution in [0.25, 0.3) is 0 Å². The van der Waals surface area contributed by atoms with Gasteiger partial charge in [-0.05, 0) is 31.0 Å². The van der Waals surface area contributed by atoms with Crippen LogP contribution in [-0.2, 0) is 6.61 Å². The number of rotatable bonds is 3. The summed E-state index contributed by atoms with van der Waals surface area (Å²) in [6.07, 6.45) is 0. The minimum Gasteiger partial charge on any atom is -0.485 e. The molecule has 0 aliphatic carbocycles. The Morgan fingerprint density at radius 2 is 2.06 bits per heavy atom. The Kier molecular flexibility index (Phi) is 2.90. The van der Waals surface area contributed by atoms with Crippen molar-refractivity contribution >= 4 is 0 Å². The van der Waals surface area contributed by atoms with Crippen LogP contribution < -0.4 is 4.74 Å². The standard InChI is InChI=1S/C12H14N2O2/c1-8-4-5-9(2)11(6-8)15-7-12-13-10(3)16-14-12/h4-6H,7H2,1-3H3. The van der Waals surface area contributed by atoms with Crippen LogP contribution in [-0.4, -0.2) is 10.1 Å². The second-order valence-electron chi connectivity index (χ2n) is 3.79. The molecule has 0 fully saturated rings. The molecule has 1 heterocycles. The molecule has 0 saturated carbocycles. The van der Waals surface area contributed by atoms with Gasteiger partial charge in [-0.25, -0.2) is 0 Å². The molecule has 1 aromatic heterocycles. The summed E-state index contributed by atoms with van der Waals surface area (Å²) in [6, 6.07) is 6.09. The van der Waals surface area contributed by atoms with Gasteiger partial charge in [0.05, 0.1) is 0 Å². The topological polar surface area (TPSA) is 48.2 Å². The van der Waals surface area contributed by atoms with Crippen LogP contribution in [0.3, 0.4) is 0 Å². The van der Waals surface area contributed by atoms with Crippen molar-refractivity contribution in [2.24, 2.45) is 0 Å². The molecule has 0 saturated heterocycles. The third-order valence-corrected chi connectivity index (χ3v) is 2.27. The van der Waals surface area contributed by atoms with Crippen LogP contribution in [0.4, 0.5) is 0 Å². The second kappa shape index (κ2) is 4.35. The lowest BCUT2D eigenvalue weighted by Gasteiger charge is -2.07. The molecule has 4 heteroatoms. The van der Waals surface area contributed by atoms with E-state index in [-0.39, 0.29) is 0 Å². The van der Waals surface area contributed by atoms with Crippen molar-refractivity contribution < 1.29 is 9.26 Å². The molecule has 2 rings (SSSR count). The van der Waals surface area contributed by atoms with Crippen molar-refractivity contribution in [2.75, 3.05) is 0 Å². The molecule has 84 valence electrons. The highest BCUT2D eigenvalue weighted by Gasteiger charge is 2.05. The highest BCUT2D eigenvalue weighted by atomic mass is 16.5. The van der Waals surface area contributed by atoms with Gasteiger partial charge in [-0.15, -0.1) is 0 Å². The third-order valence-electron chi connectivity index (χ3n) is 2.27. The monoisotopic (exact) mass is 218 g/mol. The van der Waals surface area contributed by atoms with E-state index in [1.54, 1.807) is 6.92 Å². The number of hydrogen-bond donors (Lipinski definition) is 0. The van der Waals surface area contributed by atoms with E-state index < -0.39 is 0 Å². The van der Waals surface area contributed by atoms with Crippen LogP contribution >= 0.6 is 0 Å². The quantitative estimate of drug-likeness (QED) is 0.794. The van der Waals surface area contributed by atoms with E-state index in [9.17, 15) is 0 Å². The zero-order valence-electron chi connectivity index (χ0n) is 9.65. The van der Waals surface area contributed by atoms with Crippen LogP contribution in [0.2, 0.25) is 0 Å². The summed E-state index contributed by atoms with van der Waals surface area (Å²) in [7, 11) is 0. The maximum absolute atomic E-state index is 5.63. The van der Waals surface area contributed by atoms with Gasteiger partial charge in [0, 0.05) is 6.92 Å². The van der Waals surface area contributed by atoms with E-state index in [1.807, 2.05) is 26.0 Å². The number of aromatic nitrogens is 2. The van der Waals surface area contributed by atoms with Gasteiger partial charge >= 0.3 is 0 Å². The Morgan fingerprint density at radius 3 is 2.75 bits per heavy atom. The summed E-state index contributed by atoms with van der Waals surface area (Å²) >= 11 is 0. The lowest BCUT2D eigenvalue weighted by molar-refractivity contribution is 0.284.